The van der Waals surface area contributed by atoms with Gasteiger partial charge in [0.05, 0.1) is 28.4 Å². The zero-order chi connectivity index (χ0) is 21.5. The molecule has 0 radical (unpaired) electrons. The number of rotatable bonds is 5. The van der Waals surface area contributed by atoms with Gasteiger partial charge in [-0.2, -0.15) is 5.26 Å². The molecule has 3 aromatic carbocycles. The number of carboxylic acid groups (broad SMARTS) is 1. The summed E-state index contributed by atoms with van der Waals surface area (Å²) in [5.74, 6) is 0.180. The van der Waals surface area contributed by atoms with Crippen LogP contribution in [0.1, 0.15) is 40.7 Å². The Morgan fingerprint density at radius 3 is 2.55 bits per heavy atom. The summed E-state index contributed by atoms with van der Waals surface area (Å²) in [6.45, 7) is 2.19. The SMILES string of the molecule is C[C@@H]1CC1c1ccc(Nc2ccc3c(ccn3-c3ccc(C#N)cc3)c2)c(C(=O)O)c1. The van der Waals surface area contributed by atoms with Crippen molar-refractivity contribution in [2.45, 2.75) is 19.3 Å². The van der Waals surface area contributed by atoms with Crippen molar-refractivity contribution in [3.8, 4) is 11.8 Å². The summed E-state index contributed by atoms with van der Waals surface area (Å²) in [4.78, 5) is 11.8. The normalized spacial score (nSPS) is 17.3. The second kappa shape index (κ2) is 7.33. The van der Waals surface area contributed by atoms with E-state index in [9.17, 15) is 9.90 Å². The van der Waals surface area contributed by atoms with Crippen molar-refractivity contribution in [1.82, 2.24) is 4.57 Å². The third-order valence-electron chi connectivity index (χ3n) is 6.06. The lowest BCUT2D eigenvalue weighted by Crippen LogP contribution is -2.04. The number of hydrogen-bond acceptors (Lipinski definition) is 3. The molecule has 0 bridgehead atoms. The van der Waals surface area contributed by atoms with Crippen LogP contribution in [0.25, 0.3) is 16.6 Å². The summed E-state index contributed by atoms with van der Waals surface area (Å²) in [7, 11) is 0. The zero-order valence-corrected chi connectivity index (χ0v) is 17.0. The second-order valence-corrected chi connectivity index (χ2v) is 8.17. The number of fused-ring (bicyclic) bond motifs is 1. The molecule has 1 unspecified atom stereocenters. The molecular weight excluding hydrogens is 386 g/mol. The zero-order valence-electron chi connectivity index (χ0n) is 17.0. The van der Waals surface area contributed by atoms with E-state index in [1.54, 1.807) is 18.2 Å². The number of nitrogens with zero attached hydrogens (tertiary/aromatic N) is 2. The Hall–Kier alpha value is -4.04. The van der Waals surface area contributed by atoms with E-state index >= 15 is 0 Å². The van der Waals surface area contributed by atoms with Gasteiger partial charge in [-0.25, -0.2) is 4.79 Å². The van der Waals surface area contributed by atoms with E-state index in [2.05, 4.69) is 22.9 Å². The highest BCUT2D eigenvalue weighted by molar-refractivity contribution is 5.96. The number of nitriles is 1. The molecule has 0 amide bonds. The number of benzene rings is 3. The fourth-order valence-electron chi connectivity index (χ4n) is 4.16. The van der Waals surface area contributed by atoms with Crippen LogP contribution in [0.3, 0.4) is 0 Å². The van der Waals surface area contributed by atoms with Crippen LogP contribution in [0.2, 0.25) is 0 Å². The second-order valence-electron chi connectivity index (χ2n) is 8.17. The summed E-state index contributed by atoms with van der Waals surface area (Å²) in [6.07, 6.45) is 3.11. The van der Waals surface area contributed by atoms with Crippen molar-refractivity contribution < 1.29 is 9.90 Å². The highest BCUT2D eigenvalue weighted by Crippen LogP contribution is 2.47. The molecule has 2 atom stereocenters. The average Bonchev–Trinajstić information content (AvgIpc) is 3.37. The smallest absolute Gasteiger partial charge is 0.337 e. The molecule has 1 aromatic heterocycles. The first kappa shape index (κ1) is 19.0. The van der Waals surface area contributed by atoms with Crippen LogP contribution in [0, 0.1) is 17.2 Å². The van der Waals surface area contributed by atoms with Crippen LogP contribution in [-0.4, -0.2) is 15.6 Å². The van der Waals surface area contributed by atoms with Crippen LogP contribution >= 0.6 is 0 Å². The van der Waals surface area contributed by atoms with Crippen molar-refractivity contribution >= 4 is 28.2 Å². The third kappa shape index (κ3) is 3.53. The van der Waals surface area contributed by atoms with Crippen molar-refractivity contribution in [3.63, 3.8) is 0 Å². The number of hydrogen-bond donors (Lipinski definition) is 2. The molecule has 1 fully saturated rings. The van der Waals surface area contributed by atoms with E-state index in [1.165, 1.54) is 0 Å². The number of carboxylic acids is 1. The molecule has 31 heavy (non-hydrogen) atoms. The molecule has 5 rings (SSSR count). The van der Waals surface area contributed by atoms with Gasteiger partial charge in [-0.05, 0) is 84.5 Å². The first-order valence-electron chi connectivity index (χ1n) is 10.3. The molecule has 0 saturated heterocycles. The first-order valence-corrected chi connectivity index (χ1v) is 10.3. The topological polar surface area (TPSA) is 78.0 Å². The molecule has 1 aliphatic carbocycles. The highest BCUT2D eigenvalue weighted by Gasteiger charge is 2.34. The molecular formula is C26H21N3O2. The van der Waals surface area contributed by atoms with Gasteiger partial charge in [0.25, 0.3) is 0 Å². The lowest BCUT2D eigenvalue weighted by Gasteiger charge is -2.12. The number of carbonyl (C=O) groups is 1. The highest BCUT2D eigenvalue weighted by atomic mass is 16.4. The van der Waals surface area contributed by atoms with Crippen LogP contribution in [0.5, 0.6) is 0 Å². The van der Waals surface area contributed by atoms with Crippen LogP contribution in [0.15, 0.2) is 72.9 Å². The third-order valence-corrected chi connectivity index (χ3v) is 6.06. The lowest BCUT2D eigenvalue weighted by atomic mass is 10.0. The summed E-state index contributed by atoms with van der Waals surface area (Å²) in [5, 5.41) is 23.0. The Morgan fingerprint density at radius 2 is 1.87 bits per heavy atom. The van der Waals surface area contributed by atoms with E-state index in [0.717, 1.165) is 34.3 Å². The number of nitrogens with one attached hydrogen (secondary N) is 1. The van der Waals surface area contributed by atoms with Gasteiger partial charge in [0.1, 0.15) is 0 Å². The Bertz CT molecular complexity index is 1350. The van der Waals surface area contributed by atoms with E-state index in [-0.39, 0.29) is 0 Å². The maximum atomic E-state index is 11.8. The molecule has 1 saturated carbocycles. The number of aromatic carboxylic acids is 1. The molecule has 5 nitrogen and oxygen atoms in total. The van der Waals surface area contributed by atoms with E-state index in [4.69, 9.17) is 5.26 Å². The van der Waals surface area contributed by atoms with Crippen LogP contribution < -0.4 is 5.32 Å². The Balaban J connectivity index is 1.45. The van der Waals surface area contributed by atoms with Crippen molar-refractivity contribution in [1.29, 1.82) is 5.26 Å². The average molecular weight is 407 g/mol. The van der Waals surface area contributed by atoms with Gasteiger partial charge in [-0.1, -0.05) is 13.0 Å². The first-order chi connectivity index (χ1) is 15.0. The molecule has 1 heterocycles. The Morgan fingerprint density at radius 1 is 1.10 bits per heavy atom. The minimum atomic E-state index is -0.925. The Labute approximate surface area is 180 Å². The van der Waals surface area contributed by atoms with Crippen molar-refractivity contribution in [2.75, 3.05) is 5.32 Å². The van der Waals surface area contributed by atoms with Crippen LogP contribution in [-0.2, 0) is 0 Å². The van der Waals surface area contributed by atoms with Gasteiger partial charge in [-0.15, -0.1) is 0 Å². The fourth-order valence-corrected chi connectivity index (χ4v) is 4.16. The summed E-state index contributed by atoms with van der Waals surface area (Å²) in [5.41, 5.74) is 5.47. The van der Waals surface area contributed by atoms with E-state index in [0.29, 0.717) is 28.7 Å². The maximum Gasteiger partial charge on any atom is 0.337 e. The van der Waals surface area contributed by atoms with Gasteiger partial charge >= 0.3 is 5.97 Å². The van der Waals surface area contributed by atoms with Gasteiger partial charge in [0.15, 0.2) is 0 Å². The van der Waals surface area contributed by atoms with Gasteiger partial charge in [-0.3, -0.25) is 0 Å². The number of anilines is 2. The van der Waals surface area contributed by atoms with E-state index < -0.39 is 5.97 Å². The molecule has 4 aromatic rings. The minimum Gasteiger partial charge on any atom is -0.478 e. The van der Waals surface area contributed by atoms with Gasteiger partial charge in [0, 0.05) is 23.0 Å². The predicted octanol–water partition coefficient (Wildman–Crippen LogP) is 6.07. The molecule has 152 valence electrons. The molecule has 1 aliphatic rings. The molecule has 5 heteroatoms. The largest absolute Gasteiger partial charge is 0.478 e. The van der Waals surface area contributed by atoms with Crippen LogP contribution in [0.4, 0.5) is 11.4 Å². The lowest BCUT2D eigenvalue weighted by molar-refractivity contribution is 0.0698. The Kier molecular flexibility index (Phi) is 4.48. The number of aromatic nitrogens is 1. The minimum absolute atomic E-state index is 0.298. The predicted molar refractivity (Wildman–Crippen MR) is 121 cm³/mol. The maximum absolute atomic E-state index is 11.8. The van der Waals surface area contributed by atoms with Gasteiger partial charge in [0.2, 0.25) is 0 Å². The molecule has 0 aliphatic heterocycles. The van der Waals surface area contributed by atoms with Gasteiger partial charge < -0.3 is 15.0 Å². The monoisotopic (exact) mass is 407 g/mol. The molecule has 0 spiro atoms. The fraction of sp³-hybridized carbons (Fsp3) is 0.154. The summed E-state index contributed by atoms with van der Waals surface area (Å²) in [6, 6.07) is 23.3. The molecule has 2 N–H and O–H groups in total. The summed E-state index contributed by atoms with van der Waals surface area (Å²) >= 11 is 0. The summed E-state index contributed by atoms with van der Waals surface area (Å²) < 4.78 is 2.06. The quantitative estimate of drug-likeness (QED) is 0.421. The van der Waals surface area contributed by atoms with E-state index in [1.807, 2.05) is 54.7 Å². The van der Waals surface area contributed by atoms with Crippen molar-refractivity contribution in [3.05, 3.63) is 89.6 Å². The van der Waals surface area contributed by atoms with Crippen molar-refractivity contribution in [2.24, 2.45) is 5.92 Å². The standard InChI is InChI=1S/C26H21N3O2/c1-16-12-22(16)18-4-8-24(23(14-18)26(30)31)28-20-5-9-25-19(13-20)10-11-29(25)21-6-2-17(15-27)3-7-21/h2-11,13-14,16,22,28H,12H2,1H3,(H,30,31)/t16-,22?/m1/s1.